The van der Waals surface area contributed by atoms with Gasteiger partial charge < -0.3 is 5.32 Å². The lowest BCUT2D eigenvalue weighted by molar-refractivity contribution is 0.506. The number of halogens is 1. The normalized spacial score (nSPS) is 12.6. The van der Waals surface area contributed by atoms with Crippen LogP contribution in [-0.2, 0) is 6.42 Å². The summed E-state index contributed by atoms with van der Waals surface area (Å²) >= 11 is 8.04. The van der Waals surface area contributed by atoms with Gasteiger partial charge in [-0.1, -0.05) is 48.4 Å². The summed E-state index contributed by atoms with van der Waals surface area (Å²) in [5.74, 6) is 0. The summed E-state index contributed by atoms with van der Waals surface area (Å²) in [6.07, 6.45) is 3.31. The third-order valence-electron chi connectivity index (χ3n) is 3.41. The maximum Gasteiger partial charge on any atom is 0.0561 e. The molecule has 3 heteroatoms. The Hall–Kier alpha value is -0.830. The highest BCUT2D eigenvalue weighted by Crippen LogP contribution is 2.31. The van der Waals surface area contributed by atoms with E-state index in [4.69, 9.17) is 11.6 Å². The van der Waals surface area contributed by atoms with E-state index >= 15 is 0 Å². The number of thiophene rings is 1. The van der Waals surface area contributed by atoms with Crippen molar-refractivity contribution in [3.63, 3.8) is 0 Å². The van der Waals surface area contributed by atoms with Crippen molar-refractivity contribution in [2.45, 2.75) is 39.2 Å². The molecular formula is C17H22ClNS. The minimum absolute atomic E-state index is 0.364. The second-order valence-corrected chi connectivity index (χ2v) is 6.52. The van der Waals surface area contributed by atoms with Crippen LogP contribution in [0.4, 0.5) is 0 Å². The van der Waals surface area contributed by atoms with Crippen LogP contribution in [0.15, 0.2) is 35.7 Å². The number of aryl methyl sites for hydroxylation is 2. The van der Waals surface area contributed by atoms with E-state index in [0.717, 1.165) is 30.8 Å². The molecule has 0 saturated carbocycles. The van der Waals surface area contributed by atoms with Gasteiger partial charge in [-0.2, -0.15) is 0 Å². The second-order valence-electron chi connectivity index (χ2n) is 5.17. The van der Waals surface area contributed by atoms with Crippen molar-refractivity contribution in [2.75, 3.05) is 6.54 Å². The molecule has 0 bridgehead atoms. The van der Waals surface area contributed by atoms with Crippen molar-refractivity contribution in [3.8, 4) is 0 Å². The van der Waals surface area contributed by atoms with Crippen LogP contribution in [-0.4, -0.2) is 6.54 Å². The molecule has 0 spiro atoms. The monoisotopic (exact) mass is 307 g/mol. The summed E-state index contributed by atoms with van der Waals surface area (Å²) in [6, 6.07) is 11.1. The van der Waals surface area contributed by atoms with Crippen LogP contribution in [0.1, 0.15) is 41.8 Å². The molecule has 0 aliphatic rings. The Morgan fingerprint density at radius 2 is 2.15 bits per heavy atom. The Morgan fingerprint density at radius 1 is 1.30 bits per heavy atom. The van der Waals surface area contributed by atoms with Gasteiger partial charge in [0.15, 0.2) is 0 Å². The highest BCUT2D eigenvalue weighted by Gasteiger charge is 2.15. The third kappa shape index (κ3) is 4.34. The van der Waals surface area contributed by atoms with Crippen molar-refractivity contribution < 1.29 is 0 Å². The molecular weight excluding hydrogens is 286 g/mol. The smallest absolute Gasteiger partial charge is 0.0561 e. The lowest BCUT2D eigenvalue weighted by atomic mass is 10.0. The number of nitrogens with one attached hydrogen (secondary N) is 1. The van der Waals surface area contributed by atoms with E-state index < -0.39 is 0 Å². The van der Waals surface area contributed by atoms with Gasteiger partial charge in [-0.3, -0.25) is 0 Å². The molecule has 0 aliphatic heterocycles. The standard InChI is InChI=1S/C17H22ClNS/c1-3-10-19-16(17-15(18)9-11-20-17)8-7-14-6-4-5-13(2)12-14/h4-6,9,11-12,16,19H,3,7-8,10H2,1-2H3. The SMILES string of the molecule is CCCNC(CCc1cccc(C)c1)c1sccc1Cl. The molecule has 0 radical (unpaired) electrons. The van der Waals surface area contributed by atoms with Gasteiger partial charge in [0.25, 0.3) is 0 Å². The van der Waals surface area contributed by atoms with Crippen molar-refractivity contribution in [3.05, 3.63) is 56.7 Å². The first-order valence-electron chi connectivity index (χ1n) is 7.22. The molecule has 2 rings (SSSR count). The van der Waals surface area contributed by atoms with Crippen LogP contribution in [0.3, 0.4) is 0 Å². The molecule has 1 heterocycles. The van der Waals surface area contributed by atoms with E-state index in [1.54, 1.807) is 11.3 Å². The molecule has 2 aromatic rings. The summed E-state index contributed by atoms with van der Waals surface area (Å²) in [5.41, 5.74) is 2.73. The highest BCUT2D eigenvalue weighted by atomic mass is 35.5. The van der Waals surface area contributed by atoms with E-state index in [9.17, 15) is 0 Å². The Bertz CT molecular complexity index is 535. The lowest BCUT2D eigenvalue weighted by Gasteiger charge is -2.18. The molecule has 0 aliphatic carbocycles. The van der Waals surface area contributed by atoms with Crippen LogP contribution in [0.2, 0.25) is 5.02 Å². The van der Waals surface area contributed by atoms with E-state index in [1.165, 1.54) is 16.0 Å². The molecule has 1 nitrogen and oxygen atoms in total. The van der Waals surface area contributed by atoms with Gasteiger partial charge in [0, 0.05) is 10.9 Å². The van der Waals surface area contributed by atoms with Crippen LogP contribution < -0.4 is 5.32 Å². The number of rotatable bonds is 7. The van der Waals surface area contributed by atoms with Gasteiger partial charge in [0.2, 0.25) is 0 Å². The van der Waals surface area contributed by atoms with Crippen molar-refractivity contribution in [1.29, 1.82) is 0 Å². The van der Waals surface area contributed by atoms with E-state index in [-0.39, 0.29) is 0 Å². The zero-order chi connectivity index (χ0) is 14.4. The fourth-order valence-corrected chi connectivity index (χ4v) is 3.68. The van der Waals surface area contributed by atoms with Gasteiger partial charge >= 0.3 is 0 Å². The van der Waals surface area contributed by atoms with Gasteiger partial charge in [0.1, 0.15) is 0 Å². The molecule has 0 amide bonds. The first kappa shape index (κ1) is 15.6. The van der Waals surface area contributed by atoms with Crippen molar-refractivity contribution >= 4 is 22.9 Å². The maximum absolute atomic E-state index is 6.29. The molecule has 1 atom stereocenters. The van der Waals surface area contributed by atoms with E-state index in [1.807, 2.05) is 6.07 Å². The van der Waals surface area contributed by atoms with Crippen LogP contribution >= 0.6 is 22.9 Å². The zero-order valence-corrected chi connectivity index (χ0v) is 13.7. The molecule has 1 unspecified atom stereocenters. The van der Waals surface area contributed by atoms with Crippen LogP contribution in [0, 0.1) is 6.92 Å². The first-order chi connectivity index (χ1) is 9.70. The molecule has 20 heavy (non-hydrogen) atoms. The summed E-state index contributed by atoms with van der Waals surface area (Å²) in [4.78, 5) is 1.27. The van der Waals surface area contributed by atoms with Gasteiger partial charge in [-0.15, -0.1) is 11.3 Å². The average Bonchev–Trinajstić information content (AvgIpc) is 2.85. The van der Waals surface area contributed by atoms with Crippen LogP contribution in [0.25, 0.3) is 0 Å². The number of hydrogen-bond donors (Lipinski definition) is 1. The van der Waals surface area contributed by atoms with Gasteiger partial charge in [-0.25, -0.2) is 0 Å². The fourth-order valence-electron chi connectivity index (χ4n) is 2.38. The van der Waals surface area contributed by atoms with Crippen LogP contribution in [0.5, 0.6) is 0 Å². The van der Waals surface area contributed by atoms with E-state index in [0.29, 0.717) is 6.04 Å². The van der Waals surface area contributed by atoms with Gasteiger partial charge in [-0.05, 0) is 49.7 Å². The van der Waals surface area contributed by atoms with Crippen molar-refractivity contribution in [1.82, 2.24) is 5.32 Å². The molecule has 108 valence electrons. The molecule has 1 aromatic carbocycles. The number of hydrogen-bond acceptors (Lipinski definition) is 2. The predicted molar refractivity (Wildman–Crippen MR) is 89.9 cm³/mol. The Labute approximate surface area is 131 Å². The Kier molecular flexibility index (Phi) is 6.08. The summed E-state index contributed by atoms with van der Waals surface area (Å²) in [6.45, 7) is 5.37. The zero-order valence-electron chi connectivity index (χ0n) is 12.2. The minimum Gasteiger partial charge on any atom is -0.309 e. The topological polar surface area (TPSA) is 12.0 Å². The largest absolute Gasteiger partial charge is 0.309 e. The average molecular weight is 308 g/mol. The minimum atomic E-state index is 0.364. The van der Waals surface area contributed by atoms with E-state index in [2.05, 4.69) is 48.8 Å². The number of benzene rings is 1. The molecule has 0 saturated heterocycles. The third-order valence-corrected chi connectivity index (χ3v) is 4.88. The highest BCUT2D eigenvalue weighted by molar-refractivity contribution is 7.10. The molecule has 0 fully saturated rings. The van der Waals surface area contributed by atoms with Crippen molar-refractivity contribution in [2.24, 2.45) is 0 Å². The second kappa shape index (κ2) is 7.82. The summed E-state index contributed by atoms with van der Waals surface area (Å²) in [7, 11) is 0. The maximum atomic E-state index is 6.29. The Morgan fingerprint density at radius 3 is 2.80 bits per heavy atom. The predicted octanol–water partition coefficient (Wildman–Crippen LogP) is 5.38. The summed E-state index contributed by atoms with van der Waals surface area (Å²) in [5, 5.41) is 6.59. The lowest BCUT2D eigenvalue weighted by Crippen LogP contribution is -2.22. The Balaban J connectivity index is 2.03. The fraction of sp³-hybridized carbons (Fsp3) is 0.412. The summed E-state index contributed by atoms with van der Waals surface area (Å²) < 4.78 is 0. The molecule has 1 aromatic heterocycles. The quantitative estimate of drug-likeness (QED) is 0.723. The van der Waals surface area contributed by atoms with Gasteiger partial charge in [0.05, 0.1) is 5.02 Å². The molecule has 1 N–H and O–H groups in total. The first-order valence-corrected chi connectivity index (χ1v) is 8.48.